The number of fused-ring (bicyclic) bond motifs is 1. The maximum Gasteiger partial charge on any atom is 0.338 e. The second-order valence-electron chi connectivity index (χ2n) is 11.0. The number of aromatic nitrogens is 3. The van der Waals surface area contributed by atoms with Gasteiger partial charge in [-0.3, -0.25) is 14.2 Å². The summed E-state index contributed by atoms with van der Waals surface area (Å²) >= 11 is 1.21. The van der Waals surface area contributed by atoms with Crippen LogP contribution in [0.4, 0.5) is 0 Å². The van der Waals surface area contributed by atoms with Gasteiger partial charge >= 0.3 is 11.9 Å². The Labute approximate surface area is 286 Å². The monoisotopic (exact) mass is 678 g/mol. The predicted molar refractivity (Wildman–Crippen MR) is 185 cm³/mol. The van der Waals surface area contributed by atoms with Crippen LogP contribution in [0.3, 0.4) is 0 Å². The lowest BCUT2D eigenvalue weighted by Gasteiger charge is -2.25. The average Bonchev–Trinajstić information content (AvgIpc) is 3.65. The van der Waals surface area contributed by atoms with Gasteiger partial charge in [-0.05, 0) is 80.9 Å². The van der Waals surface area contributed by atoms with Crippen LogP contribution in [0.15, 0.2) is 100 Å². The van der Waals surface area contributed by atoms with E-state index in [1.807, 2.05) is 67.7 Å². The fourth-order valence-corrected chi connectivity index (χ4v) is 6.69. The molecule has 3 heterocycles. The summed E-state index contributed by atoms with van der Waals surface area (Å²) in [6.07, 6.45) is 3.68. The van der Waals surface area contributed by atoms with Crippen molar-refractivity contribution in [1.29, 1.82) is 0 Å². The van der Waals surface area contributed by atoms with E-state index < -0.39 is 18.0 Å². The first-order valence-corrected chi connectivity index (χ1v) is 16.5. The van der Waals surface area contributed by atoms with Crippen LogP contribution in [0.1, 0.15) is 44.9 Å². The molecule has 6 rings (SSSR count). The molecule has 0 bridgehead atoms. The first kappa shape index (κ1) is 33.2. The highest BCUT2D eigenvalue weighted by Gasteiger charge is 2.34. The molecular weight excluding hydrogens is 644 g/mol. The number of ether oxygens (including phenoxy) is 4. The lowest BCUT2D eigenvalue weighted by atomic mass is 9.95. The Hall–Kier alpha value is -5.75. The maximum absolute atomic E-state index is 14.4. The van der Waals surface area contributed by atoms with Crippen molar-refractivity contribution >= 4 is 29.4 Å². The van der Waals surface area contributed by atoms with Crippen LogP contribution in [-0.2, 0) is 14.3 Å². The topological polar surface area (TPSA) is 123 Å². The number of carbonyl (C=O) groups is 2. The van der Waals surface area contributed by atoms with Crippen molar-refractivity contribution in [3.63, 3.8) is 0 Å². The van der Waals surface area contributed by atoms with E-state index >= 15 is 0 Å². The van der Waals surface area contributed by atoms with Gasteiger partial charge in [0.2, 0.25) is 0 Å². The van der Waals surface area contributed by atoms with Crippen molar-refractivity contribution in [2.45, 2.75) is 33.7 Å². The van der Waals surface area contributed by atoms with Crippen LogP contribution in [0.5, 0.6) is 17.2 Å². The van der Waals surface area contributed by atoms with E-state index in [-0.39, 0.29) is 29.2 Å². The molecule has 1 aliphatic rings. The highest BCUT2D eigenvalue weighted by atomic mass is 32.1. The van der Waals surface area contributed by atoms with Crippen molar-refractivity contribution in [2.24, 2.45) is 4.99 Å². The smallest absolute Gasteiger partial charge is 0.338 e. The molecule has 12 heteroatoms. The summed E-state index contributed by atoms with van der Waals surface area (Å²) < 4.78 is 25.6. The number of thiazole rings is 1. The van der Waals surface area contributed by atoms with E-state index in [4.69, 9.17) is 29.0 Å². The highest BCUT2D eigenvalue weighted by Crippen LogP contribution is 2.36. The minimum absolute atomic E-state index is 0.140. The summed E-state index contributed by atoms with van der Waals surface area (Å²) in [6.45, 7) is 7.35. The molecule has 3 aromatic carbocycles. The summed E-state index contributed by atoms with van der Waals surface area (Å²) in [5.41, 5.74) is 3.92. The summed E-state index contributed by atoms with van der Waals surface area (Å²) in [4.78, 5) is 44.6. The average molecular weight is 679 g/mol. The molecule has 2 aromatic heterocycles. The Morgan fingerprint density at radius 2 is 1.73 bits per heavy atom. The molecule has 0 amide bonds. The summed E-state index contributed by atoms with van der Waals surface area (Å²) in [7, 11) is 1.45. The summed E-state index contributed by atoms with van der Waals surface area (Å²) in [5.74, 6) is 0.117. The van der Waals surface area contributed by atoms with E-state index in [1.54, 1.807) is 42.8 Å². The molecule has 0 saturated heterocycles. The third-order valence-electron chi connectivity index (χ3n) is 7.76. The number of esters is 2. The van der Waals surface area contributed by atoms with E-state index in [1.165, 1.54) is 29.9 Å². The Bertz CT molecular complexity index is 2250. The SMILES string of the molecule is CCOC(=O)C1=C(C)N=c2s/c(=C\c3cn(-c4ccccc4)nc3-c3ccc(OCC)cc3)c(=O)n2C1c1ccc(OC(C)=O)c(OC)c1. The van der Waals surface area contributed by atoms with Gasteiger partial charge in [-0.25, -0.2) is 14.5 Å². The van der Waals surface area contributed by atoms with E-state index in [0.29, 0.717) is 38.5 Å². The number of para-hydroxylation sites is 1. The van der Waals surface area contributed by atoms with Crippen LogP contribution in [0.25, 0.3) is 23.0 Å². The molecule has 0 N–H and O–H groups in total. The number of rotatable bonds is 10. The number of allylic oxidation sites excluding steroid dienone is 1. The molecule has 1 unspecified atom stereocenters. The molecule has 0 spiro atoms. The van der Waals surface area contributed by atoms with E-state index in [9.17, 15) is 14.4 Å². The zero-order chi connectivity index (χ0) is 34.7. The number of methoxy groups -OCH3 is 1. The Balaban J connectivity index is 1.54. The molecule has 1 aliphatic heterocycles. The minimum Gasteiger partial charge on any atom is -0.494 e. The third kappa shape index (κ3) is 6.68. The first-order chi connectivity index (χ1) is 23.7. The lowest BCUT2D eigenvalue weighted by molar-refractivity contribution is -0.139. The summed E-state index contributed by atoms with van der Waals surface area (Å²) in [6, 6.07) is 21.4. The highest BCUT2D eigenvalue weighted by molar-refractivity contribution is 7.07. The second kappa shape index (κ2) is 14.2. The lowest BCUT2D eigenvalue weighted by Crippen LogP contribution is -2.40. The predicted octanol–water partition coefficient (Wildman–Crippen LogP) is 4.98. The van der Waals surface area contributed by atoms with Gasteiger partial charge in [0.25, 0.3) is 5.56 Å². The van der Waals surface area contributed by atoms with Crippen LogP contribution in [0, 0.1) is 0 Å². The van der Waals surface area contributed by atoms with Crippen molar-refractivity contribution in [3.8, 4) is 34.2 Å². The number of nitrogens with zero attached hydrogens (tertiary/aromatic N) is 4. The van der Waals surface area contributed by atoms with Crippen LogP contribution < -0.4 is 29.1 Å². The molecule has 0 aliphatic carbocycles. The van der Waals surface area contributed by atoms with Crippen LogP contribution in [0.2, 0.25) is 0 Å². The molecule has 11 nitrogen and oxygen atoms in total. The molecule has 0 saturated carbocycles. The second-order valence-corrected chi connectivity index (χ2v) is 12.0. The molecule has 1 atom stereocenters. The largest absolute Gasteiger partial charge is 0.494 e. The van der Waals surface area contributed by atoms with Crippen molar-refractivity contribution < 1.29 is 28.5 Å². The molecule has 0 radical (unpaired) electrons. The van der Waals surface area contributed by atoms with E-state index in [0.717, 1.165) is 17.0 Å². The summed E-state index contributed by atoms with van der Waals surface area (Å²) in [5, 5.41) is 4.91. The van der Waals surface area contributed by atoms with Crippen LogP contribution in [-0.4, -0.2) is 46.6 Å². The molecule has 250 valence electrons. The van der Waals surface area contributed by atoms with Gasteiger partial charge in [0.15, 0.2) is 16.3 Å². The fourth-order valence-electron chi connectivity index (χ4n) is 5.65. The Kier molecular flexibility index (Phi) is 9.58. The third-order valence-corrected chi connectivity index (χ3v) is 8.75. The van der Waals surface area contributed by atoms with Crippen LogP contribution >= 0.6 is 11.3 Å². The van der Waals surface area contributed by atoms with E-state index in [2.05, 4.69) is 0 Å². The first-order valence-electron chi connectivity index (χ1n) is 15.7. The number of hydrogen-bond donors (Lipinski definition) is 0. The Morgan fingerprint density at radius 3 is 2.41 bits per heavy atom. The van der Waals surface area contributed by atoms with Gasteiger partial charge < -0.3 is 18.9 Å². The zero-order valence-electron chi connectivity index (χ0n) is 27.6. The molecular formula is C37H34N4O7S. The van der Waals surface area contributed by atoms with Crippen molar-refractivity contribution in [2.75, 3.05) is 20.3 Å². The van der Waals surface area contributed by atoms with Gasteiger partial charge in [0.1, 0.15) is 11.4 Å². The number of benzene rings is 3. The van der Waals surface area contributed by atoms with Gasteiger partial charge in [-0.2, -0.15) is 5.10 Å². The van der Waals surface area contributed by atoms with Gasteiger partial charge in [0.05, 0.1) is 47.9 Å². The zero-order valence-corrected chi connectivity index (χ0v) is 28.4. The standard InChI is InChI=1S/C37H34N4O7S/c1-6-46-28-16-13-24(14-17-28)33-26(21-40(39-33)27-11-9-8-10-12-27)20-31-35(43)41-34(25-15-18-29(48-23(4)42)30(19-25)45-5)32(36(44)47-7-2)22(3)38-37(41)49-31/h8-21,34H,6-7H2,1-5H3/b31-20-. The molecule has 49 heavy (non-hydrogen) atoms. The number of carbonyl (C=O) groups excluding carboxylic acids is 2. The van der Waals surface area contributed by atoms with Gasteiger partial charge in [-0.1, -0.05) is 35.6 Å². The molecule has 5 aromatic rings. The molecule has 0 fully saturated rings. The maximum atomic E-state index is 14.4. The Morgan fingerprint density at radius 1 is 0.980 bits per heavy atom. The van der Waals surface area contributed by atoms with Crippen molar-refractivity contribution in [1.82, 2.24) is 14.3 Å². The minimum atomic E-state index is -0.893. The number of hydrogen-bond acceptors (Lipinski definition) is 10. The quantitative estimate of drug-likeness (QED) is 0.150. The van der Waals surface area contributed by atoms with Gasteiger partial charge in [-0.15, -0.1) is 0 Å². The normalized spacial score (nSPS) is 14.2. The van der Waals surface area contributed by atoms with Gasteiger partial charge in [0, 0.05) is 24.2 Å². The fraction of sp³-hybridized carbons (Fsp3) is 0.216. The van der Waals surface area contributed by atoms with Crippen molar-refractivity contribution in [3.05, 3.63) is 121 Å².